The molecule has 2 aromatic rings. The summed E-state index contributed by atoms with van der Waals surface area (Å²) >= 11 is 9.87. The molecule has 3 aliphatic rings. The van der Waals surface area contributed by atoms with Crippen LogP contribution in [-0.4, -0.2) is 67.4 Å². The number of nitrogens with one attached hydrogen (secondary N) is 2. The highest BCUT2D eigenvalue weighted by Gasteiger charge is 2.35. The number of aromatic nitrogens is 1. The molecular formula is C25H24Cl2N6O5S. The minimum atomic E-state index is -2.68. The van der Waals surface area contributed by atoms with Crippen molar-refractivity contribution in [3.8, 4) is 0 Å². The van der Waals surface area contributed by atoms with E-state index >= 15 is 0 Å². The third-order valence-corrected chi connectivity index (χ3v) is 7.43. The van der Waals surface area contributed by atoms with Gasteiger partial charge in [0.15, 0.2) is 5.76 Å². The van der Waals surface area contributed by atoms with Gasteiger partial charge in [0, 0.05) is 37.1 Å². The van der Waals surface area contributed by atoms with E-state index in [1.807, 2.05) is 0 Å². The molecular weight excluding hydrogens is 567 g/mol. The summed E-state index contributed by atoms with van der Waals surface area (Å²) in [5, 5.41) is 7.96. The zero-order chi connectivity index (χ0) is 27.7. The molecule has 0 bridgehead atoms. The lowest BCUT2D eigenvalue weighted by molar-refractivity contribution is -0.113. The number of rotatable bonds is 7. The van der Waals surface area contributed by atoms with E-state index in [4.69, 9.17) is 27.4 Å². The molecule has 0 radical (unpaired) electrons. The zero-order valence-electron chi connectivity index (χ0n) is 20.6. The molecule has 1 aromatic carbocycles. The van der Waals surface area contributed by atoms with Crippen molar-refractivity contribution >= 4 is 57.9 Å². The molecule has 2 aliphatic heterocycles. The van der Waals surface area contributed by atoms with Crippen molar-refractivity contribution in [3.05, 3.63) is 81.4 Å². The van der Waals surface area contributed by atoms with Gasteiger partial charge in [-0.05, 0) is 49.2 Å². The first-order valence-corrected chi connectivity index (χ1v) is 13.8. The van der Waals surface area contributed by atoms with Crippen molar-refractivity contribution in [2.45, 2.75) is 24.8 Å². The Morgan fingerprint density at radius 2 is 2.08 bits per heavy atom. The Kier molecular flexibility index (Phi) is 7.89. The van der Waals surface area contributed by atoms with E-state index < -0.39 is 17.3 Å². The van der Waals surface area contributed by atoms with Crippen LogP contribution >= 0.6 is 23.2 Å². The van der Waals surface area contributed by atoms with E-state index in [1.165, 1.54) is 12.1 Å². The van der Waals surface area contributed by atoms with Gasteiger partial charge in [-0.2, -0.15) is 9.31 Å². The second kappa shape index (κ2) is 11.3. The van der Waals surface area contributed by atoms with Crippen LogP contribution in [0.1, 0.15) is 34.8 Å². The SMILES string of the molecule is CN(C(=O)c1cc(Cl)ccc1NC(=O)C1=C(OS(=O)O)C=CN(C2=NNCC2c2ncccc2Cl)C1)C1CC1. The summed E-state index contributed by atoms with van der Waals surface area (Å²) in [6.45, 7) is 0.394. The number of carbonyl (C=O) groups excluding carboxylic acids is 2. The number of anilines is 1. The molecule has 3 N–H and O–H groups in total. The standard InChI is InChI=1S/C25H24Cl2N6O5S/c1-32(15-5-6-15)25(35)16-11-14(26)4-7-20(16)30-24(34)18-13-33(10-8-21(18)38-39(36)37)23-17(12-29-31-23)22-19(27)3-2-9-28-22/h2-4,7-11,15,17,29H,5-6,12-13H2,1H3,(H,30,34)(H,36,37). The average Bonchev–Trinajstić information content (AvgIpc) is 3.65. The highest BCUT2D eigenvalue weighted by Crippen LogP contribution is 2.32. The van der Waals surface area contributed by atoms with Crippen LogP contribution in [0.2, 0.25) is 10.0 Å². The number of allylic oxidation sites excluding steroid dienone is 1. The van der Waals surface area contributed by atoms with Crippen LogP contribution in [0.15, 0.2) is 65.2 Å². The number of hydrogen-bond acceptors (Lipinski definition) is 8. The van der Waals surface area contributed by atoms with Crippen LogP contribution in [-0.2, 0) is 20.3 Å². The summed E-state index contributed by atoms with van der Waals surface area (Å²) in [4.78, 5) is 34.4. The van der Waals surface area contributed by atoms with Crippen molar-refractivity contribution in [3.63, 3.8) is 0 Å². The number of hydrogen-bond donors (Lipinski definition) is 3. The minimum absolute atomic E-state index is 0.0456. The molecule has 1 saturated carbocycles. The van der Waals surface area contributed by atoms with E-state index in [2.05, 4.69) is 20.8 Å². The largest absolute Gasteiger partial charge is 0.379 e. The topological polar surface area (TPSA) is 136 Å². The molecule has 0 spiro atoms. The molecule has 14 heteroatoms. The van der Waals surface area contributed by atoms with Crippen molar-refractivity contribution in [2.24, 2.45) is 5.10 Å². The Balaban J connectivity index is 1.42. The van der Waals surface area contributed by atoms with Gasteiger partial charge in [-0.3, -0.25) is 19.1 Å². The van der Waals surface area contributed by atoms with Gasteiger partial charge < -0.3 is 24.7 Å². The number of nitrogens with zero attached hydrogens (tertiary/aromatic N) is 4. The number of carbonyl (C=O) groups is 2. The molecule has 1 aromatic heterocycles. The smallest absolute Gasteiger partial charge is 0.357 e. The molecule has 3 heterocycles. The highest BCUT2D eigenvalue weighted by atomic mass is 35.5. The normalized spacial score (nSPS) is 19.3. The predicted octanol–water partition coefficient (Wildman–Crippen LogP) is 3.50. The first-order valence-electron chi connectivity index (χ1n) is 12.0. The summed E-state index contributed by atoms with van der Waals surface area (Å²) < 4.78 is 25.9. The van der Waals surface area contributed by atoms with Crippen LogP contribution < -0.4 is 10.7 Å². The van der Waals surface area contributed by atoms with Crippen molar-refractivity contribution in [1.82, 2.24) is 20.2 Å². The summed E-state index contributed by atoms with van der Waals surface area (Å²) in [6, 6.07) is 8.22. The number of pyridine rings is 1. The van der Waals surface area contributed by atoms with Crippen molar-refractivity contribution in [1.29, 1.82) is 0 Å². The Bertz CT molecular complexity index is 1440. The second-order valence-corrected chi connectivity index (χ2v) is 10.6. The maximum atomic E-state index is 13.6. The summed E-state index contributed by atoms with van der Waals surface area (Å²) in [7, 11) is 1.71. The van der Waals surface area contributed by atoms with Crippen LogP contribution in [0.25, 0.3) is 0 Å². The molecule has 1 fully saturated rings. The van der Waals surface area contributed by atoms with Gasteiger partial charge in [-0.15, -0.1) is 0 Å². The Morgan fingerprint density at radius 1 is 1.28 bits per heavy atom. The number of amidine groups is 1. The minimum Gasteiger partial charge on any atom is -0.379 e. The summed E-state index contributed by atoms with van der Waals surface area (Å²) in [5.41, 5.74) is 4.09. The molecule has 204 valence electrons. The van der Waals surface area contributed by atoms with Crippen LogP contribution in [0, 0.1) is 0 Å². The molecule has 0 saturated heterocycles. The molecule has 39 heavy (non-hydrogen) atoms. The molecule has 11 nitrogen and oxygen atoms in total. The van der Waals surface area contributed by atoms with Crippen molar-refractivity contribution in [2.75, 3.05) is 25.5 Å². The Hall–Kier alpha value is -3.45. The lowest BCUT2D eigenvalue weighted by atomic mass is 10.0. The fourth-order valence-corrected chi connectivity index (χ4v) is 5.13. The highest BCUT2D eigenvalue weighted by molar-refractivity contribution is 7.74. The van der Waals surface area contributed by atoms with E-state index in [9.17, 15) is 18.4 Å². The fraction of sp³-hybridized carbons (Fsp3) is 0.280. The Labute approximate surface area is 237 Å². The van der Waals surface area contributed by atoms with Gasteiger partial charge in [-0.25, -0.2) is 0 Å². The van der Waals surface area contributed by atoms with E-state index in [-0.39, 0.29) is 47.0 Å². The maximum Gasteiger partial charge on any atom is 0.357 e. The number of hydrazone groups is 1. The average molecular weight is 591 g/mol. The predicted molar refractivity (Wildman–Crippen MR) is 147 cm³/mol. The Morgan fingerprint density at radius 3 is 2.79 bits per heavy atom. The third kappa shape index (κ3) is 5.93. The monoisotopic (exact) mass is 590 g/mol. The maximum absolute atomic E-state index is 13.6. The summed E-state index contributed by atoms with van der Waals surface area (Å²) in [5.74, 6) is -0.756. The lowest BCUT2D eigenvalue weighted by Gasteiger charge is -2.28. The first-order chi connectivity index (χ1) is 18.7. The zero-order valence-corrected chi connectivity index (χ0v) is 23.0. The van der Waals surface area contributed by atoms with Crippen molar-refractivity contribution < 1.29 is 22.5 Å². The van der Waals surface area contributed by atoms with E-state index in [0.717, 1.165) is 12.8 Å². The van der Waals surface area contributed by atoms with Gasteiger partial charge in [0.1, 0.15) is 5.84 Å². The number of halogens is 2. The molecule has 2 unspecified atom stereocenters. The molecule has 2 atom stereocenters. The van der Waals surface area contributed by atoms with Crippen LogP contribution in [0.3, 0.4) is 0 Å². The second-order valence-electron chi connectivity index (χ2n) is 9.13. The third-order valence-electron chi connectivity index (χ3n) is 6.55. The molecule has 1 aliphatic carbocycles. The lowest BCUT2D eigenvalue weighted by Crippen LogP contribution is -2.37. The number of benzene rings is 1. The van der Waals surface area contributed by atoms with E-state index in [1.54, 1.807) is 53.5 Å². The van der Waals surface area contributed by atoms with Gasteiger partial charge in [-0.1, -0.05) is 23.2 Å². The van der Waals surface area contributed by atoms with Crippen LogP contribution in [0.5, 0.6) is 0 Å². The quantitative estimate of drug-likeness (QED) is 0.417. The van der Waals surface area contributed by atoms with Gasteiger partial charge >= 0.3 is 11.4 Å². The fourth-order valence-electron chi connectivity index (χ4n) is 4.40. The summed E-state index contributed by atoms with van der Waals surface area (Å²) in [6.07, 6.45) is 6.47. The van der Waals surface area contributed by atoms with Gasteiger partial charge in [0.2, 0.25) is 0 Å². The van der Waals surface area contributed by atoms with E-state index in [0.29, 0.717) is 28.1 Å². The number of amides is 2. The molecule has 2 amide bonds. The first kappa shape index (κ1) is 27.1. The van der Waals surface area contributed by atoms with Gasteiger partial charge in [0.05, 0.1) is 40.0 Å². The van der Waals surface area contributed by atoms with Crippen LogP contribution in [0.4, 0.5) is 5.69 Å². The molecule has 5 rings (SSSR count). The van der Waals surface area contributed by atoms with Gasteiger partial charge in [0.25, 0.3) is 11.8 Å².